The van der Waals surface area contributed by atoms with Crippen molar-refractivity contribution < 1.29 is 4.79 Å². The Labute approximate surface area is 142 Å². The second kappa shape index (κ2) is 8.01. The average molecular weight is 329 g/mol. The van der Waals surface area contributed by atoms with E-state index in [9.17, 15) is 4.79 Å². The first-order valence-corrected chi connectivity index (χ1v) is 9.24. The number of nitrogens with zero attached hydrogens (tertiary/aromatic N) is 1. The molecule has 128 valence electrons. The number of hydrogen-bond acceptors (Lipinski definition) is 2. The van der Waals surface area contributed by atoms with E-state index in [0.29, 0.717) is 24.0 Å². The van der Waals surface area contributed by atoms with Gasteiger partial charge in [0.05, 0.1) is 0 Å². The van der Waals surface area contributed by atoms with Gasteiger partial charge in [-0.2, -0.15) is 0 Å². The van der Waals surface area contributed by atoms with Crippen molar-refractivity contribution in [3.63, 3.8) is 0 Å². The Morgan fingerprint density at radius 3 is 2.14 bits per heavy atom. The normalized spacial score (nSPS) is 35.5. The smallest absolute Gasteiger partial charge is 0.226 e. The minimum Gasteiger partial charge on any atom is -0.336 e. The van der Waals surface area contributed by atoms with Crippen LogP contribution < -0.4 is 5.32 Å². The molecule has 22 heavy (non-hydrogen) atoms. The Kier molecular flexibility index (Phi) is 6.58. The Morgan fingerprint density at radius 1 is 1.05 bits per heavy atom. The number of carbonyl (C=O) groups excluding carboxylic acids is 1. The molecule has 3 rings (SSSR count). The third-order valence-electron chi connectivity index (χ3n) is 5.95. The van der Waals surface area contributed by atoms with Gasteiger partial charge in [0.25, 0.3) is 0 Å². The molecule has 1 N–H and O–H groups in total. The van der Waals surface area contributed by atoms with Gasteiger partial charge in [-0.25, -0.2) is 0 Å². The van der Waals surface area contributed by atoms with Crippen molar-refractivity contribution in [3.8, 4) is 0 Å². The highest BCUT2D eigenvalue weighted by Crippen LogP contribution is 2.38. The lowest BCUT2D eigenvalue weighted by atomic mass is 9.83. The molecule has 3 aliphatic rings. The van der Waals surface area contributed by atoms with Crippen LogP contribution in [-0.4, -0.2) is 35.5 Å². The zero-order valence-electron chi connectivity index (χ0n) is 14.2. The highest BCUT2D eigenvalue weighted by Gasteiger charge is 2.41. The Balaban J connectivity index is 0.00000176. The fourth-order valence-electron chi connectivity index (χ4n) is 4.41. The van der Waals surface area contributed by atoms with Crippen LogP contribution in [0.25, 0.3) is 0 Å². The maximum Gasteiger partial charge on any atom is 0.226 e. The number of hydrogen-bond donors (Lipinski definition) is 1. The van der Waals surface area contributed by atoms with Crippen molar-refractivity contribution in [1.82, 2.24) is 10.2 Å². The second-order valence-electron chi connectivity index (χ2n) is 7.64. The minimum absolute atomic E-state index is 0. The number of amides is 1. The van der Waals surface area contributed by atoms with E-state index in [-0.39, 0.29) is 18.3 Å². The Hall–Kier alpha value is -0.280. The molecule has 0 aromatic rings. The molecule has 1 heterocycles. The van der Waals surface area contributed by atoms with Gasteiger partial charge in [-0.05, 0) is 70.8 Å². The average Bonchev–Trinajstić information content (AvgIpc) is 3.33. The number of nitrogens with one attached hydrogen (secondary N) is 1. The molecule has 3 nitrogen and oxygen atoms in total. The molecule has 2 saturated carbocycles. The maximum atomic E-state index is 13.1. The van der Waals surface area contributed by atoms with Gasteiger partial charge in [0.2, 0.25) is 5.91 Å². The van der Waals surface area contributed by atoms with Crippen molar-refractivity contribution in [2.45, 2.75) is 89.8 Å². The zero-order valence-corrected chi connectivity index (χ0v) is 15.0. The van der Waals surface area contributed by atoms with E-state index in [0.717, 1.165) is 25.3 Å². The Morgan fingerprint density at radius 2 is 1.64 bits per heavy atom. The van der Waals surface area contributed by atoms with Crippen molar-refractivity contribution >= 4 is 18.3 Å². The third kappa shape index (κ3) is 4.17. The van der Waals surface area contributed by atoms with Gasteiger partial charge in [0, 0.05) is 24.0 Å². The fourth-order valence-corrected chi connectivity index (χ4v) is 4.41. The van der Waals surface area contributed by atoms with Crippen LogP contribution in [0.1, 0.15) is 71.6 Å². The van der Waals surface area contributed by atoms with Gasteiger partial charge in [-0.15, -0.1) is 12.4 Å². The zero-order chi connectivity index (χ0) is 14.8. The van der Waals surface area contributed by atoms with Crippen LogP contribution in [0.3, 0.4) is 0 Å². The standard InChI is InChI=1S/C18H32N2O.ClH/c1-3-14-4-6-16(7-5-14)20(17-8-9-17)18(21)15-10-11-19-13(2)12-15;/h13-17,19H,3-12H2,1-2H3;1H/t13-,14?,15-,16?;/m0./s1. The molecule has 0 aromatic heterocycles. The van der Waals surface area contributed by atoms with Crippen molar-refractivity contribution in [2.75, 3.05) is 6.54 Å². The highest BCUT2D eigenvalue weighted by molar-refractivity contribution is 5.85. The topological polar surface area (TPSA) is 32.3 Å². The lowest BCUT2D eigenvalue weighted by Crippen LogP contribution is -2.49. The molecular weight excluding hydrogens is 296 g/mol. The first kappa shape index (κ1) is 18.1. The number of carbonyl (C=O) groups is 1. The summed E-state index contributed by atoms with van der Waals surface area (Å²) in [6.07, 6.45) is 11.1. The summed E-state index contributed by atoms with van der Waals surface area (Å²) < 4.78 is 0. The van der Waals surface area contributed by atoms with Crippen molar-refractivity contribution in [2.24, 2.45) is 11.8 Å². The van der Waals surface area contributed by atoms with E-state index in [1.54, 1.807) is 0 Å². The molecule has 0 unspecified atom stereocenters. The molecule has 3 fully saturated rings. The Bertz CT molecular complexity index is 364. The molecule has 1 amide bonds. The maximum absolute atomic E-state index is 13.1. The van der Waals surface area contributed by atoms with Crippen molar-refractivity contribution in [3.05, 3.63) is 0 Å². The monoisotopic (exact) mass is 328 g/mol. The second-order valence-corrected chi connectivity index (χ2v) is 7.64. The summed E-state index contributed by atoms with van der Waals surface area (Å²) in [5, 5.41) is 3.47. The molecular formula is C18H33ClN2O. The SMILES string of the molecule is CCC1CCC(N(C(=O)[C@H]2CCN[C@@H](C)C2)C2CC2)CC1.Cl. The lowest BCUT2D eigenvalue weighted by Gasteiger charge is -2.40. The van der Waals surface area contributed by atoms with E-state index in [2.05, 4.69) is 24.1 Å². The van der Waals surface area contributed by atoms with E-state index >= 15 is 0 Å². The summed E-state index contributed by atoms with van der Waals surface area (Å²) in [5.41, 5.74) is 0. The summed E-state index contributed by atoms with van der Waals surface area (Å²) in [4.78, 5) is 15.4. The summed E-state index contributed by atoms with van der Waals surface area (Å²) in [7, 11) is 0. The summed E-state index contributed by atoms with van der Waals surface area (Å²) in [6, 6.07) is 1.65. The quantitative estimate of drug-likeness (QED) is 0.852. The molecule has 2 aliphatic carbocycles. The molecule has 1 saturated heterocycles. The third-order valence-corrected chi connectivity index (χ3v) is 5.95. The van der Waals surface area contributed by atoms with Gasteiger partial charge in [-0.1, -0.05) is 13.3 Å². The minimum atomic E-state index is 0. The molecule has 0 spiro atoms. The van der Waals surface area contributed by atoms with Crippen LogP contribution >= 0.6 is 12.4 Å². The highest BCUT2D eigenvalue weighted by atomic mass is 35.5. The van der Waals surface area contributed by atoms with Crippen LogP contribution in [-0.2, 0) is 4.79 Å². The number of piperidine rings is 1. The van der Waals surface area contributed by atoms with Gasteiger partial charge in [-0.3, -0.25) is 4.79 Å². The van der Waals surface area contributed by atoms with Gasteiger partial charge >= 0.3 is 0 Å². The fraction of sp³-hybridized carbons (Fsp3) is 0.944. The molecule has 4 heteroatoms. The number of rotatable bonds is 4. The molecule has 2 atom stereocenters. The summed E-state index contributed by atoms with van der Waals surface area (Å²) in [6.45, 7) is 5.54. The number of halogens is 1. The molecule has 0 bridgehead atoms. The molecule has 0 radical (unpaired) electrons. The van der Waals surface area contributed by atoms with Crippen LogP contribution in [0.15, 0.2) is 0 Å². The van der Waals surface area contributed by atoms with Crippen molar-refractivity contribution in [1.29, 1.82) is 0 Å². The van der Waals surface area contributed by atoms with Crippen LogP contribution in [0.5, 0.6) is 0 Å². The van der Waals surface area contributed by atoms with Gasteiger partial charge in [0.15, 0.2) is 0 Å². The summed E-state index contributed by atoms with van der Waals surface area (Å²) >= 11 is 0. The van der Waals surface area contributed by atoms with Gasteiger partial charge in [0.1, 0.15) is 0 Å². The lowest BCUT2D eigenvalue weighted by molar-refractivity contribution is -0.140. The summed E-state index contributed by atoms with van der Waals surface area (Å²) in [5.74, 6) is 1.69. The van der Waals surface area contributed by atoms with Crippen LogP contribution in [0.2, 0.25) is 0 Å². The largest absolute Gasteiger partial charge is 0.336 e. The first-order valence-electron chi connectivity index (χ1n) is 9.24. The molecule has 0 aromatic carbocycles. The predicted molar refractivity (Wildman–Crippen MR) is 93.3 cm³/mol. The van der Waals surface area contributed by atoms with Gasteiger partial charge < -0.3 is 10.2 Å². The van der Waals surface area contributed by atoms with Crippen LogP contribution in [0.4, 0.5) is 0 Å². The molecule has 1 aliphatic heterocycles. The predicted octanol–water partition coefficient (Wildman–Crippen LogP) is 3.76. The first-order chi connectivity index (χ1) is 10.2. The van der Waals surface area contributed by atoms with Crippen LogP contribution in [0, 0.1) is 11.8 Å². The van der Waals surface area contributed by atoms with E-state index in [1.807, 2.05) is 0 Å². The van der Waals surface area contributed by atoms with E-state index in [4.69, 9.17) is 0 Å². The van der Waals surface area contributed by atoms with E-state index < -0.39 is 0 Å². The van der Waals surface area contributed by atoms with E-state index in [1.165, 1.54) is 44.9 Å².